The molecule has 0 aromatic carbocycles. The largest absolute Gasteiger partial charge is 0.462 e. The summed E-state index contributed by atoms with van der Waals surface area (Å²) in [4.78, 5) is 12.8. The van der Waals surface area contributed by atoms with E-state index >= 15 is 0 Å². The van der Waals surface area contributed by atoms with Crippen LogP contribution in [0.1, 0.15) is 94.4 Å². The maximum absolute atomic E-state index is 12.8. The summed E-state index contributed by atoms with van der Waals surface area (Å²) >= 11 is 0. The number of esters is 1. The molecule has 0 heterocycles. The number of carbonyl (C=O) groups is 1. The van der Waals surface area contributed by atoms with Crippen LogP contribution in [0.15, 0.2) is 0 Å². The summed E-state index contributed by atoms with van der Waals surface area (Å²) in [5.74, 6) is 0.750. The molecule has 0 bridgehead atoms. The predicted molar refractivity (Wildman–Crippen MR) is 98.3 cm³/mol. The Morgan fingerprint density at radius 3 is 1.74 bits per heavy atom. The highest BCUT2D eigenvalue weighted by Crippen LogP contribution is 2.40. The molecule has 1 fully saturated rings. The average Bonchev–Trinajstić information content (AvgIpc) is 2.33. The van der Waals surface area contributed by atoms with Gasteiger partial charge in [0.1, 0.15) is 6.10 Å². The van der Waals surface area contributed by atoms with Crippen molar-refractivity contribution in [2.45, 2.75) is 101 Å². The molecule has 1 atom stereocenters. The molecular weight excluding hydrogens is 284 g/mol. The van der Waals surface area contributed by atoms with Crippen molar-refractivity contribution in [1.82, 2.24) is 0 Å². The topological polar surface area (TPSA) is 26.3 Å². The van der Waals surface area contributed by atoms with Gasteiger partial charge in [0.25, 0.3) is 0 Å². The number of hydrogen-bond donors (Lipinski definition) is 0. The highest BCUT2D eigenvalue weighted by Gasteiger charge is 2.38. The van der Waals surface area contributed by atoms with Crippen LogP contribution >= 0.6 is 0 Å². The number of rotatable bonds is 3. The van der Waals surface area contributed by atoms with Gasteiger partial charge in [0.15, 0.2) is 0 Å². The molecule has 1 aliphatic carbocycles. The van der Waals surface area contributed by atoms with Crippen LogP contribution in [0.3, 0.4) is 0 Å². The Labute approximate surface area is 144 Å². The maximum atomic E-state index is 12.8. The second-order valence-electron chi connectivity index (χ2n) is 11.0. The van der Waals surface area contributed by atoms with Gasteiger partial charge < -0.3 is 4.74 Å². The van der Waals surface area contributed by atoms with Crippen molar-refractivity contribution in [3.8, 4) is 0 Å². The van der Waals surface area contributed by atoms with E-state index in [9.17, 15) is 4.79 Å². The third kappa shape index (κ3) is 6.85. The lowest BCUT2D eigenvalue weighted by Gasteiger charge is -2.38. The van der Waals surface area contributed by atoms with Crippen molar-refractivity contribution in [1.29, 1.82) is 0 Å². The Kier molecular flexibility index (Phi) is 6.38. The van der Waals surface area contributed by atoms with Crippen molar-refractivity contribution in [2.24, 2.45) is 28.1 Å². The van der Waals surface area contributed by atoms with E-state index in [1.54, 1.807) is 0 Å². The molecule has 23 heavy (non-hydrogen) atoms. The standard InChI is InChI=1S/C21H40O2/c1-19(2,3)14-17(21(7,8)9)18(22)23-16-12-10-15(11-13-16)20(4,5)6/h15-17H,10-14H2,1-9H3. The molecule has 0 radical (unpaired) electrons. The smallest absolute Gasteiger partial charge is 0.309 e. The van der Waals surface area contributed by atoms with Crippen molar-refractivity contribution < 1.29 is 9.53 Å². The van der Waals surface area contributed by atoms with Gasteiger partial charge in [0, 0.05) is 0 Å². The molecule has 0 aliphatic heterocycles. The molecule has 2 nitrogen and oxygen atoms in total. The lowest BCUT2D eigenvalue weighted by Crippen LogP contribution is -2.37. The summed E-state index contributed by atoms with van der Waals surface area (Å²) in [5, 5.41) is 0. The zero-order chi connectivity index (χ0) is 18.1. The molecule has 1 aliphatic rings. The van der Waals surface area contributed by atoms with Gasteiger partial charge in [0.2, 0.25) is 0 Å². The zero-order valence-corrected chi connectivity index (χ0v) is 17.1. The fraction of sp³-hybridized carbons (Fsp3) is 0.952. The Morgan fingerprint density at radius 1 is 0.913 bits per heavy atom. The first-order chi connectivity index (χ1) is 10.2. The van der Waals surface area contributed by atoms with E-state index in [4.69, 9.17) is 4.74 Å². The first kappa shape index (κ1) is 20.5. The summed E-state index contributed by atoms with van der Waals surface area (Å²) in [6.07, 6.45) is 5.43. The molecule has 2 heteroatoms. The summed E-state index contributed by atoms with van der Waals surface area (Å²) in [7, 11) is 0. The monoisotopic (exact) mass is 324 g/mol. The second-order valence-corrected chi connectivity index (χ2v) is 11.0. The van der Waals surface area contributed by atoms with Crippen LogP contribution in [-0.2, 0) is 9.53 Å². The van der Waals surface area contributed by atoms with E-state index < -0.39 is 0 Å². The summed E-state index contributed by atoms with van der Waals surface area (Å²) in [5.41, 5.74) is 0.461. The van der Waals surface area contributed by atoms with Crippen LogP contribution in [0.4, 0.5) is 0 Å². The Balaban J connectivity index is 2.63. The highest BCUT2D eigenvalue weighted by atomic mass is 16.5. The van der Waals surface area contributed by atoms with E-state index in [-0.39, 0.29) is 28.8 Å². The zero-order valence-electron chi connectivity index (χ0n) is 17.1. The number of carbonyl (C=O) groups excluding carboxylic acids is 1. The van der Waals surface area contributed by atoms with Crippen LogP contribution in [0.2, 0.25) is 0 Å². The second kappa shape index (κ2) is 7.15. The lowest BCUT2D eigenvalue weighted by atomic mass is 9.71. The summed E-state index contributed by atoms with van der Waals surface area (Å²) in [6.45, 7) is 20.0. The van der Waals surface area contributed by atoms with Gasteiger partial charge in [-0.25, -0.2) is 0 Å². The summed E-state index contributed by atoms with van der Waals surface area (Å²) < 4.78 is 5.95. The molecule has 1 rings (SSSR count). The van der Waals surface area contributed by atoms with E-state index in [1.165, 1.54) is 12.8 Å². The SMILES string of the molecule is CC(C)(C)CC(C(=O)OC1CCC(C(C)(C)C)CC1)C(C)(C)C. The van der Waals surface area contributed by atoms with E-state index in [2.05, 4.69) is 62.3 Å². The quantitative estimate of drug-likeness (QED) is 0.575. The van der Waals surface area contributed by atoms with Crippen LogP contribution < -0.4 is 0 Å². The average molecular weight is 325 g/mol. The minimum absolute atomic E-state index is 0.0200. The van der Waals surface area contributed by atoms with Crippen molar-refractivity contribution in [3.05, 3.63) is 0 Å². The maximum Gasteiger partial charge on any atom is 0.309 e. The van der Waals surface area contributed by atoms with E-state index in [1.807, 2.05) is 0 Å². The van der Waals surface area contributed by atoms with Crippen LogP contribution in [-0.4, -0.2) is 12.1 Å². The lowest BCUT2D eigenvalue weighted by molar-refractivity contribution is -0.161. The van der Waals surface area contributed by atoms with Crippen molar-refractivity contribution in [3.63, 3.8) is 0 Å². The third-order valence-corrected chi connectivity index (χ3v) is 5.33. The Morgan fingerprint density at radius 2 is 1.39 bits per heavy atom. The van der Waals surface area contributed by atoms with Gasteiger partial charge in [-0.05, 0) is 54.3 Å². The van der Waals surface area contributed by atoms with Crippen LogP contribution in [0, 0.1) is 28.1 Å². The third-order valence-electron chi connectivity index (χ3n) is 5.33. The molecular formula is C21H40O2. The Bertz CT molecular complexity index is 382. The highest BCUT2D eigenvalue weighted by molar-refractivity contribution is 5.73. The van der Waals surface area contributed by atoms with Gasteiger partial charge in [-0.1, -0.05) is 62.3 Å². The summed E-state index contributed by atoms with van der Waals surface area (Å²) in [6, 6.07) is 0. The molecule has 136 valence electrons. The van der Waals surface area contributed by atoms with E-state index in [0.29, 0.717) is 5.41 Å². The fourth-order valence-corrected chi connectivity index (χ4v) is 3.65. The number of hydrogen-bond acceptors (Lipinski definition) is 2. The van der Waals surface area contributed by atoms with Gasteiger partial charge in [0.05, 0.1) is 5.92 Å². The minimum atomic E-state index is -0.0486. The molecule has 1 unspecified atom stereocenters. The molecule has 0 N–H and O–H groups in total. The normalized spacial score (nSPS) is 25.1. The molecule has 1 saturated carbocycles. The van der Waals surface area contributed by atoms with Crippen LogP contribution in [0.5, 0.6) is 0 Å². The molecule has 0 aromatic heterocycles. The van der Waals surface area contributed by atoms with Crippen molar-refractivity contribution >= 4 is 5.97 Å². The van der Waals surface area contributed by atoms with E-state index in [0.717, 1.165) is 25.2 Å². The molecule has 0 spiro atoms. The van der Waals surface area contributed by atoms with Crippen LogP contribution in [0.25, 0.3) is 0 Å². The fourth-order valence-electron chi connectivity index (χ4n) is 3.65. The van der Waals surface area contributed by atoms with Gasteiger partial charge in [-0.15, -0.1) is 0 Å². The van der Waals surface area contributed by atoms with Gasteiger partial charge in [-0.2, -0.15) is 0 Å². The molecule has 0 saturated heterocycles. The number of ether oxygens (including phenoxy) is 1. The molecule has 0 aromatic rings. The van der Waals surface area contributed by atoms with Crippen molar-refractivity contribution in [2.75, 3.05) is 0 Å². The predicted octanol–water partition coefficient (Wildman–Crippen LogP) is 6.23. The van der Waals surface area contributed by atoms with Gasteiger partial charge >= 0.3 is 5.97 Å². The molecule has 0 amide bonds. The first-order valence-corrected chi connectivity index (χ1v) is 9.40. The van der Waals surface area contributed by atoms with Gasteiger partial charge in [-0.3, -0.25) is 4.79 Å². The minimum Gasteiger partial charge on any atom is -0.462 e. The first-order valence-electron chi connectivity index (χ1n) is 9.40. The Hall–Kier alpha value is -0.530.